The Morgan fingerprint density at radius 2 is 2.26 bits per heavy atom. The van der Waals surface area contributed by atoms with E-state index in [1.165, 1.54) is 15.4 Å². The van der Waals surface area contributed by atoms with Crippen LogP contribution in [-0.2, 0) is 0 Å². The van der Waals surface area contributed by atoms with Crippen molar-refractivity contribution >= 4 is 11.4 Å². The van der Waals surface area contributed by atoms with Crippen molar-refractivity contribution in [3.8, 4) is 12.0 Å². The summed E-state index contributed by atoms with van der Waals surface area (Å²) in [4.78, 5) is 29.8. The van der Waals surface area contributed by atoms with Crippen LogP contribution in [0.5, 0.6) is 0 Å². The molecule has 1 saturated heterocycles. The summed E-state index contributed by atoms with van der Waals surface area (Å²) in [6.07, 6.45) is 4.85. The maximum absolute atomic E-state index is 13.0. The number of aromatic nitrogens is 5. The lowest BCUT2D eigenvalue weighted by Gasteiger charge is -2.28. The average molecular weight is 363 g/mol. The Kier molecular flexibility index (Phi) is 3.25. The zero-order valence-corrected chi connectivity index (χ0v) is 14.7. The van der Waals surface area contributed by atoms with Crippen molar-refractivity contribution < 1.29 is 4.79 Å². The number of nitriles is 1. The summed E-state index contributed by atoms with van der Waals surface area (Å²) in [5.41, 5.74) is 1.28. The summed E-state index contributed by atoms with van der Waals surface area (Å²) in [5, 5.41) is 17.8. The summed E-state index contributed by atoms with van der Waals surface area (Å²) in [6, 6.07) is 5.90. The van der Waals surface area contributed by atoms with Gasteiger partial charge in [0.2, 0.25) is 5.95 Å². The number of hydrogen-bond acceptors (Lipinski definition) is 5. The van der Waals surface area contributed by atoms with E-state index < -0.39 is 0 Å². The molecule has 9 heteroatoms. The van der Waals surface area contributed by atoms with Gasteiger partial charge in [-0.3, -0.25) is 14.6 Å². The lowest BCUT2D eigenvalue weighted by atomic mass is 9.96. The number of nitrogens with zero attached hydrogens (tertiary/aromatic N) is 6. The van der Waals surface area contributed by atoms with Crippen LogP contribution in [0.3, 0.4) is 0 Å². The van der Waals surface area contributed by atoms with Gasteiger partial charge in [-0.1, -0.05) is 0 Å². The summed E-state index contributed by atoms with van der Waals surface area (Å²) in [6.45, 7) is 2.41. The molecule has 3 aromatic heterocycles. The van der Waals surface area contributed by atoms with Crippen LogP contribution < -0.4 is 5.56 Å². The van der Waals surface area contributed by atoms with E-state index in [1.54, 1.807) is 25.3 Å². The number of carbonyl (C=O) groups is 1. The maximum Gasteiger partial charge on any atom is 0.276 e. The lowest BCUT2D eigenvalue weighted by Crippen LogP contribution is -2.40. The van der Waals surface area contributed by atoms with E-state index >= 15 is 0 Å². The van der Waals surface area contributed by atoms with Crippen molar-refractivity contribution in [1.29, 1.82) is 5.26 Å². The van der Waals surface area contributed by atoms with Crippen LogP contribution in [-0.4, -0.2) is 47.8 Å². The minimum Gasteiger partial charge on any atom is -0.335 e. The number of fused-ring (bicyclic) bond motifs is 3. The van der Waals surface area contributed by atoms with Gasteiger partial charge in [0.25, 0.3) is 11.5 Å². The van der Waals surface area contributed by atoms with Gasteiger partial charge in [0, 0.05) is 18.8 Å². The molecule has 1 saturated carbocycles. The van der Waals surface area contributed by atoms with Gasteiger partial charge in [-0.25, -0.2) is 9.20 Å². The minimum atomic E-state index is -0.271. The average Bonchev–Trinajstić information content (AvgIpc) is 3.43. The molecule has 2 fully saturated rings. The van der Waals surface area contributed by atoms with Crippen LogP contribution in [0.15, 0.2) is 29.3 Å². The molecule has 2 aliphatic rings. The SMILES string of the molecule is Cc1c(C(=O)N2CC3CC2CC3C#N)cnn1-c1nn2cccc2c(=O)[nH]1. The van der Waals surface area contributed by atoms with E-state index in [4.69, 9.17) is 0 Å². The molecule has 9 nitrogen and oxygen atoms in total. The largest absolute Gasteiger partial charge is 0.335 e. The number of hydrogen-bond donors (Lipinski definition) is 1. The van der Waals surface area contributed by atoms with Crippen LogP contribution in [0.2, 0.25) is 0 Å². The van der Waals surface area contributed by atoms with Gasteiger partial charge in [-0.05, 0) is 37.8 Å². The van der Waals surface area contributed by atoms with Gasteiger partial charge in [0.1, 0.15) is 5.52 Å². The molecular weight excluding hydrogens is 346 g/mol. The Labute approximate surface area is 153 Å². The van der Waals surface area contributed by atoms with E-state index in [9.17, 15) is 14.9 Å². The Bertz CT molecular complexity index is 1160. The Morgan fingerprint density at radius 3 is 3.00 bits per heavy atom. The van der Waals surface area contributed by atoms with Gasteiger partial charge < -0.3 is 4.90 Å². The number of likely N-dealkylation sites (tertiary alicyclic amines) is 1. The monoisotopic (exact) mass is 363 g/mol. The van der Waals surface area contributed by atoms with Crippen LogP contribution in [0.4, 0.5) is 0 Å². The molecule has 5 rings (SSSR count). The zero-order chi connectivity index (χ0) is 18.7. The predicted octanol–water partition coefficient (Wildman–Crippen LogP) is 0.891. The third-order valence-electron chi connectivity index (χ3n) is 5.80. The van der Waals surface area contributed by atoms with E-state index in [2.05, 4.69) is 21.3 Å². The number of aromatic amines is 1. The molecule has 3 unspecified atom stereocenters. The molecule has 27 heavy (non-hydrogen) atoms. The Balaban J connectivity index is 1.48. The van der Waals surface area contributed by atoms with Crippen LogP contribution in [0, 0.1) is 30.1 Å². The van der Waals surface area contributed by atoms with Crippen molar-refractivity contribution in [2.45, 2.75) is 25.8 Å². The maximum atomic E-state index is 13.0. The quantitative estimate of drug-likeness (QED) is 0.727. The summed E-state index contributed by atoms with van der Waals surface area (Å²) in [7, 11) is 0. The van der Waals surface area contributed by atoms with E-state index in [0.29, 0.717) is 23.3 Å². The van der Waals surface area contributed by atoms with Crippen molar-refractivity contribution in [3.63, 3.8) is 0 Å². The number of carbonyl (C=O) groups excluding carboxylic acids is 1. The fourth-order valence-electron chi connectivity index (χ4n) is 4.38. The highest BCUT2D eigenvalue weighted by atomic mass is 16.2. The summed E-state index contributed by atoms with van der Waals surface area (Å²) >= 11 is 0. The van der Waals surface area contributed by atoms with Crippen LogP contribution in [0.1, 0.15) is 28.9 Å². The normalized spacial score (nSPS) is 23.9. The lowest BCUT2D eigenvalue weighted by molar-refractivity contribution is 0.0687. The predicted molar refractivity (Wildman–Crippen MR) is 94.3 cm³/mol. The number of nitrogens with one attached hydrogen (secondary N) is 1. The Morgan fingerprint density at radius 1 is 1.41 bits per heavy atom. The summed E-state index contributed by atoms with van der Waals surface area (Å²) in [5.74, 6) is 0.513. The fraction of sp³-hybridized carbons (Fsp3) is 0.389. The molecule has 1 aliphatic carbocycles. The molecule has 1 N–H and O–H groups in total. The first kappa shape index (κ1) is 15.8. The van der Waals surface area contributed by atoms with Crippen molar-refractivity contribution in [3.05, 3.63) is 46.1 Å². The number of piperidine rings is 1. The number of H-pyrrole nitrogens is 1. The Hall–Kier alpha value is -3.41. The molecule has 2 bridgehead atoms. The first-order chi connectivity index (χ1) is 13.1. The van der Waals surface area contributed by atoms with Crippen LogP contribution >= 0.6 is 0 Å². The van der Waals surface area contributed by atoms with Crippen molar-refractivity contribution in [2.75, 3.05) is 6.54 Å². The van der Waals surface area contributed by atoms with E-state index in [1.807, 2.05) is 4.90 Å². The first-order valence-electron chi connectivity index (χ1n) is 8.90. The topological polar surface area (TPSA) is 112 Å². The number of rotatable bonds is 2. The standard InChI is InChI=1S/C18H17N7O2/c1-10-14(17(27)23-9-12-6-13(23)5-11(12)7-19)8-20-25(10)18-21-16(26)15-3-2-4-24(15)22-18/h2-4,8,11-13H,5-6,9H2,1H3,(H,21,22,26). The molecule has 0 aromatic carbocycles. The second-order valence-corrected chi connectivity index (χ2v) is 7.25. The molecular formula is C18H17N7O2. The third kappa shape index (κ3) is 2.23. The zero-order valence-electron chi connectivity index (χ0n) is 14.7. The molecule has 0 radical (unpaired) electrons. The van der Waals surface area contributed by atoms with Gasteiger partial charge >= 0.3 is 0 Å². The molecule has 4 heterocycles. The highest BCUT2D eigenvalue weighted by Gasteiger charge is 2.47. The highest BCUT2D eigenvalue weighted by Crippen LogP contribution is 2.42. The molecule has 1 aliphatic heterocycles. The molecule has 136 valence electrons. The van der Waals surface area contributed by atoms with Gasteiger partial charge in [-0.2, -0.15) is 10.4 Å². The first-order valence-corrected chi connectivity index (χ1v) is 8.90. The van der Waals surface area contributed by atoms with Gasteiger partial charge in [0.15, 0.2) is 0 Å². The highest BCUT2D eigenvalue weighted by molar-refractivity contribution is 5.95. The smallest absolute Gasteiger partial charge is 0.276 e. The summed E-state index contributed by atoms with van der Waals surface area (Å²) < 4.78 is 2.96. The third-order valence-corrected chi connectivity index (χ3v) is 5.80. The van der Waals surface area contributed by atoms with E-state index in [-0.39, 0.29) is 35.3 Å². The molecule has 3 atom stereocenters. The minimum absolute atomic E-state index is 0.0606. The van der Waals surface area contributed by atoms with E-state index in [0.717, 1.165) is 12.8 Å². The van der Waals surface area contributed by atoms with Gasteiger partial charge in [0.05, 0.1) is 29.4 Å². The molecule has 0 spiro atoms. The second-order valence-electron chi connectivity index (χ2n) is 7.25. The van der Waals surface area contributed by atoms with Crippen molar-refractivity contribution in [1.82, 2.24) is 29.3 Å². The molecule has 1 amide bonds. The van der Waals surface area contributed by atoms with Crippen LogP contribution in [0.25, 0.3) is 11.5 Å². The molecule has 3 aromatic rings. The second kappa shape index (κ2) is 5.54. The fourth-order valence-corrected chi connectivity index (χ4v) is 4.38. The van der Waals surface area contributed by atoms with Crippen molar-refractivity contribution in [2.24, 2.45) is 11.8 Å². The number of amides is 1. The van der Waals surface area contributed by atoms with Gasteiger partial charge in [-0.15, -0.1) is 5.10 Å².